The highest BCUT2D eigenvalue weighted by atomic mass is 16.5. The molecule has 0 unspecified atom stereocenters. The molecule has 0 saturated carbocycles. The van der Waals surface area contributed by atoms with Crippen molar-refractivity contribution >= 4 is 0 Å². The molecule has 1 aliphatic heterocycles. The van der Waals surface area contributed by atoms with Crippen LogP contribution in [0.2, 0.25) is 0 Å². The molecule has 1 atom stereocenters. The highest BCUT2D eigenvalue weighted by molar-refractivity contribution is 5.28. The van der Waals surface area contributed by atoms with Crippen molar-refractivity contribution in [2.24, 2.45) is 5.92 Å². The molecule has 24 heavy (non-hydrogen) atoms. The van der Waals surface area contributed by atoms with Crippen molar-refractivity contribution in [2.75, 3.05) is 26.2 Å². The van der Waals surface area contributed by atoms with Gasteiger partial charge in [0.15, 0.2) is 0 Å². The fourth-order valence-corrected chi connectivity index (χ4v) is 3.33. The highest BCUT2D eigenvalue weighted by Gasteiger charge is 2.19. The quantitative estimate of drug-likeness (QED) is 0.809. The summed E-state index contributed by atoms with van der Waals surface area (Å²) in [7, 11) is 0. The molecule has 0 spiro atoms. The van der Waals surface area contributed by atoms with Gasteiger partial charge in [0.2, 0.25) is 0 Å². The summed E-state index contributed by atoms with van der Waals surface area (Å²) in [4.78, 5) is 6.78. The van der Waals surface area contributed by atoms with Gasteiger partial charge in [-0.25, -0.2) is 0 Å². The summed E-state index contributed by atoms with van der Waals surface area (Å²) in [5.74, 6) is 1.69. The highest BCUT2D eigenvalue weighted by Crippen LogP contribution is 2.18. The molecule has 1 fully saturated rings. The second-order valence-electron chi connectivity index (χ2n) is 6.47. The minimum Gasteiger partial charge on any atom is -0.494 e. The molecule has 2 heterocycles. The molecule has 1 saturated heterocycles. The molecule has 4 nitrogen and oxygen atoms in total. The molecular formula is C20H27N3O. The summed E-state index contributed by atoms with van der Waals surface area (Å²) in [5, 5.41) is 3.47. The van der Waals surface area contributed by atoms with Gasteiger partial charge in [0, 0.05) is 32.0 Å². The summed E-state index contributed by atoms with van der Waals surface area (Å²) >= 11 is 0. The zero-order valence-corrected chi connectivity index (χ0v) is 14.4. The van der Waals surface area contributed by atoms with E-state index in [4.69, 9.17) is 4.74 Å². The van der Waals surface area contributed by atoms with Gasteiger partial charge in [-0.05, 0) is 61.7 Å². The maximum Gasteiger partial charge on any atom is 0.119 e. The van der Waals surface area contributed by atoms with E-state index in [-0.39, 0.29) is 0 Å². The molecule has 0 amide bonds. The van der Waals surface area contributed by atoms with Gasteiger partial charge in [-0.2, -0.15) is 0 Å². The van der Waals surface area contributed by atoms with Gasteiger partial charge in [-0.1, -0.05) is 18.2 Å². The Morgan fingerprint density at radius 1 is 1.21 bits per heavy atom. The smallest absolute Gasteiger partial charge is 0.119 e. The summed E-state index contributed by atoms with van der Waals surface area (Å²) < 4.78 is 5.64. The maximum absolute atomic E-state index is 5.64. The molecule has 2 aromatic rings. The Bertz CT molecular complexity index is 611. The second-order valence-corrected chi connectivity index (χ2v) is 6.47. The minimum absolute atomic E-state index is 0.705. The molecule has 1 N–H and O–H groups in total. The van der Waals surface area contributed by atoms with Crippen LogP contribution in [0, 0.1) is 5.92 Å². The number of ether oxygens (including phenoxy) is 1. The van der Waals surface area contributed by atoms with Crippen LogP contribution >= 0.6 is 0 Å². The molecular weight excluding hydrogens is 298 g/mol. The fraction of sp³-hybridized carbons (Fsp3) is 0.450. The van der Waals surface area contributed by atoms with Crippen LogP contribution in [-0.4, -0.2) is 36.1 Å². The Labute approximate surface area is 144 Å². The monoisotopic (exact) mass is 325 g/mol. The number of aromatic nitrogens is 1. The Morgan fingerprint density at radius 2 is 2.08 bits per heavy atom. The van der Waals surface area contributed by atoms with E-state index in [1.54, 1.807) is 0 Å². The normalized spacial score (nSPS) is 17.3. The first-order valence-electron chi connectivity index (χ1n) is 8.87. The van der Waals surface area contributed by atoms with Crippen molar-refractivity contribution in [2.45, 2.75) is 26.4 Å². The number of hydrogen-bond acceptors (Lipinski definition) is 4. The number of pyridine rings is 1. The first kappa shape index (κ1) is 16.9. The third-order valence-corrected chi connectivity index (χ3v) is 4.42. The van der Waals surface area contributed by atoms with Crippen molar-refractivity contribution in [1.29, 1.82) is 0 Å². The Balaban J connectivity index is 1.69. The van der Waals surface area contributed by atoms with Gasteiger partial charge >= 0.3 is 0 Å². The van der Waals surface area contributed by atoms with Crippen molar-refractivity contribution in [3.05, 3.63) is 59.9 Å². The lowest BCUT2D eigenvalue weighted by Gasteiger charge is -2.25. The van der Waals surface area contributed by atoms with Gasteiger partial charge in [0.1, 0.15) is 5.75 Å². The van der Waals surface area contributed by atoms with Crippen LogP contribution in [-0.2, 0) is 13.1 Å². The standard InChI is InChI=1S/C20H27N3O/c1-2-24-20-7-3-5-17(11-20)14-23(16-19-8-10-22-13-19)15-18-6-4-9-21-12-18/h3-7,9,11-12,19,22H,2,8,10,13-16H2,1H3/t19-/m0/s1. The lowest BCUT2D eigenvalue weighted by atomic mass is 10.1. The third kappa shape index (κ3) is 5.05. The molecule has 1 aliphatic rings. The van der Waals surface area contributed by atoms with Gasteiger partial charge < -0.3 is 10.1 Å². The van der Waals surface area contributed by atoms with Crippen molar-refractivity contribution < 1.29 is 4.74 Å². The van der Waals surface area contributed by atoms with E-state index in [0.29, 0.717) is 6.61 Å². The van der Waals surface area contributed by atoms with E-state index < -0.39 is 0 Å². The van der Waals surface area contributed by atoms with Crippen LogP contribution in [0.25, 0.3) is 0 Å². The molecule has 128 valence electrons. The lowest BCUT2D eigenvalue weighted by Crippen LogP contribution is -2.30. The molecule has 3 rings (SSSR count). The van der Waals surface area contributed by atoms with Crippen molar-refractivity contribution in [3.63, 3.8) is 0 Å². The SMILES string of the molecule is CCOc1cccc(CN(Cc2cccnc2)C[C@H]2CCNC2)c1. The van der Waals surface area contributed by atoms with Crippen LogP contribution in [0.4, 0.5) is 0 Å². The van der Waals surface area contributed by atoms with Crippen molar-refractivity contribution in [1.82, 2.24) is 15.2 Å². The van der Waals surface area contributed by atoms with Crippen LogP contribution in [0.5, 0.6) is 5.75 Å². The second kappa shape index (κ2) is 8.81. The summed E-state index contributed by atoms with van der Waals surface area (Å²) in [6.07, 6.45) is 5.07. The fourth-order valence-electron chi connectivity index (χ4n) is 3.33. The Kier molecular flexibility index (Phi) is 6.21. The number of rotatable bonds is 8. The van der Waals surface area contributed by atoms with Gasteiger partial charge in [-0.3, -0.25) is 9.88 Å². The predicted octanol–water partition coefficient (Wildman–Crippen LogP) is 3.09. The minimum atomic E-state index is 0.705. The van der Waals surface area contributed by atoms with Gasteiger partial charge in [0.25, 0.3) is 0 Å². The zero-order chi connectivity index (χ0) is 16.6. The number of nitrogens with zero attached hydrogens (tertiary/aromatic N) is 2. The average molecular weight is 325 g/mol. The van der Waals surface area contributed by atoms with Crippen LogP contribution in [0.3, 0.4) is 0 Å². The zero-order valence-electron chi connectivity index (χ0n) is 14.4. The maximum atomic E-state index is 5.64. The first-order valence-corrected chi connectivity index (χ1v) is 8.87. The van der Waals surface area contributed by atoms with Crippen molar-refractivity contribution in [3.8, 4) is 5.75 Å². The van der Waals surface area contributed by atoms with Crippen LogP contribution in [0.1, 0.15) is 24.5 Å². The van der Waals surface area contributed by atoms with Gasteiger partial charge in [-0.15, -0.1) is 0 Å². The van der Waals surface area contributed by atoms with E-state index in [2.05, 4.69) is 39.5 Å². The largest absolute Gasteiger partial charge is 0.494 e. The predicted molar refractivity (Wildman–Crippen MR) is 96.9 cm³/mol. The lowest BCUT2D eigenvalue weighted by molar-refractivity contribution is 0.220. The van der Waals surface area contributed by atoms with Crippen LogP contribution < -0.4 is 10.1 Å². The molecule has 1 aromatic heterocycles. The van der Waals surface area contributed by atoms with Crippen LogP contribution in [0.15, 0.2) is 48.8 Å². The van der Waals surface area contributed by atoms with E-state index in [0.717, 1.165) is 44.4 Å². The molecule has 0 radical (unpaired) electrons. The summed E-state index contributed by atoms with van der Waals surface area (Å²) in [6.45, 7) is 7.98. The number of nitrogens with one attached hydrogen (secondary N) is 1. The molecule has 1 aromatic carbocycles. The average Bonchev–Trinajstić information content (AvgIpc) is 3.09. The molecule has 0 aliphatic carbocycles. The molecule has 0 bridgehead atoms. The Hall–Kier alpha value is -1.91. The van der Waals surface area contributed by atoms with E-state index in [1.807, 2.05) is 31.5 Å². The van der Waals surface area contributed by atoms with Gasteiger partial charge in [0.05, 0.1) is 6.61 Å². The summed E-state index contributed by atoms with van der Waals surface area (Å²) in [6, 6.07) is 12.6. The van der Waals surface area contributed by atoms with E-state index in [9.17, 15) is 0 Å². The van der Waals surface area contributed by atoms with E-state index in [1.165, 1.54) is 17.5 Å². The first-order chi connectivity index (χ1) is 11.8. The topological polar surface area (TPSA) is 37.4 Å². The number of hydrogen-bond donors (Lipinski definition) is 1. The third-order valence-electron chi connectivity index (χ3n) is 4.42. The summed E-state index contributed by atoms with van der Waals surface area (Å²) in [5.41, 5.74) is 2.57. The van der Waals surface area contributed by atoms with E-state index >= 15 is 0 Å². The Morgan fingerprint density at radius 3 is 2.83 bits per heavy atom. The molecule has 4 heteroatoms. The number of benzene rings is 1.